The molecule has 2 saturated carbocycles. The number of carboxylic acid groups (broad SMARTS) is 2. The molecule has 2 bridgehead atoms. The number of hydrogen-bond donors (Lipinski definition) is 2. The quantitative estimate of drug-likeness (QED) is 0.821. The molecule has 0 radical (unpaired) electrons. The smallest absolute Gasteiger partial charge is 0.338 e. The molecule has 2 N–H and O–H groups in total. The Labute approximate surface area is 139 Å². The highest BCUT2D eigenvalue weighted by Gasteiger charge is 2.53. The Bertz CT molecular complexity index is 612. The lowest BCUT2D eigenvalue weighted by Gasteiger charge is -2.47. The first-order chi connectivity index (χ1) is 11.5. The third-order valence-electron chi connectivity index (χ3n) is 5.35. The molecule has 6 heteroatoms. The van der Waals surface area contributed by atoms with Crippen molar-refractivity contribution in [1.82, 2.24) is 0 Å². The maximum Gasteiger partial charge on any atom is 0.338 e. The van der Waals surface area contributed by atoms with E-state index in [1.54, 1.807) is 30.3 Å². The van der Waals surface area contributed by atoms with Crippen molar-refractivity contribution in [3.05, 3.63) is 35.9 Å². The zero-order valence-electron chi connectivity index (χ0n) is 13.1. The van der Waals surface area contributed by atoms with E-state index in [9.17, 15) is 24.6 Å². The minimum Gasteiger partial charge on any atom is -0.481 e. The molecule has 0 spiro atoms. The number of esters is 1. The van der Waals surface area contributed by atoms with Gasteiger partial charge in [0.2, 0.25) is 0 Å². The van der Waals surface area contributed by atoms with E-state index < -0.39 is 35.8 Å². The van der Waals surface area contributed by atoms with E-state index in [-0.39, 0.29) is 18.3 Å². The molecule has 0 heterocycles. The fourth-order valence-corrected chi connectivity index (χ4v) is 4.23. The number of ether oxygens (including phenoxy) is 1. The van der Waals surface area contributed by atoms with E-state index in [2.05, 4.69) is 0 Å². The molecule has 2 fully saturated rings. The Balaban J connectivity index is 1.87. The topological polar surface area (TPSA) is 101 Å². The predicted octanol–water partition coefficient (Wildman–Crippen LogP) is 2.43. The summed E-state index contributed by atoms with van der Waals surface area (Å²) in [5.41, 5.74) is 0.389. The van der Waals surface area contributed by atoms with Gasteiger partial charge in [-0.05, 0) is 31.4 Å². The van der Waals surface area contributed by atoms with Crippen molar-refractivity contribution in [2.75, 3.05) is 0 Å². The number of carbonyl (C=O) groups excluding carboxylic acids is 1. The van der Waals surface area contributed by atoms with Gasteiger partial charge in [-0.2, -0.15) is 0 Å². The van der Waals surface area contributed by atoms with Gasteiger partial charge in [0.05, 0.1) is 17.4 Å². The summed E-state index contributed by atoms with van der Waals surface area (Å²) in [6, 6.07) is 8.48. The first kappa shape index (κ1) is 16.5. The van der Waals surface area contributed by atoms with E-state index in [4.69, 9.17) is 4.74 Å². The summed E-state index contributed by atoms with van der Waals surface area (Å²) in [5, 5.41) is 19.0. The monoisotopic (exact) mass is 332 g/mol. The van der Waals surface area contributed by atoms with Crippen molar-refractivity contribution in [1.29, 1.82) is 0 Å². The molecule has 0 aromatic heterocycles. The van der Waals surface area contributed by atoms with Crippen LogP contribution in [0.3, 0.4) is 0 Å². The van der Waals surface area contributed by atoms with Crippen LogP contribution in [0.1, 0.15) is 36.0 Å². The summed E-state index contributed by atoms with van der Waals surface area (Å²) < 4.78 is 5.64. The zero-order chi connectivity index (χ0) is 17.3. The number of rotatable bonds is 4. The van der Waals surface area contributed by atoms with Gasteiger partial charge in [0.1, 0.15) is 6.10 Å². The van der Waals surface area contributed by atoms with Crippen molar-refractivity contribution in [2.24, 2.45) is 23.7 Å². The number of carboxylic acids is 2. The van der Waals surface area contributed by atoms with E-state index in [1.165, 1.54) is 0 Å². The molecule has 1 aromatic carbocycles. The maximum atomic E-state index is 12.4. The molecule has 1 unspecified atom stereocenters. The summed E-state index contributed by atoms with van der Waals surface area (Å²) >= 11 is 0. The minimum absolute atomic E-state index is 0.111. The zero-order valence-corrected chi connectivity index (χ0v) is 13.1. The first-order valence-corrected chi connectivity index (χ1v) is 8.20. The Morgan fingerprint density at radius 2 is 1.46 bits per heavy atom. The molecule has 0 aliphatic heterocycles. The highest BCUT2D eigenvalue weighted by molar-refractivity contribution is 5.89. The van der Waals surface area contributed by atoms with E-state index in [1.807, 2.05) is 0 Å². The second kappa shape index (κ2) is 6.63. The number of benzene rings is 1. The SMILES string of the molecule is O=C(OC1[C@H]2CCC[C@@H]1[C@@H](C(=O)O)C[C@H]2C(=O)O)c1ccccc1. The van der Waals surface area contributed by atoms with Crippen LogP contribution in [0.5, 0.6) is 0 Å². The van der Waals surface area contributed by atoms with Gasteiger partial charge in [-0.15, -0.1) is 0 Å². The van der Waals surface area contributed by atoms with Gasteiger partial charge < -0.3 is 14.9 Å². The minimum atomic E-state index is -1.01. The summed E-state index contributed by atoms with van der Waals surface area (Å²) in [6.07, 6.45) is 1.52. The van der Waals surface area contributed by atoms with Crippen LogP contribution in [0.4, 0.5) is 0 Å². The standard InChI is InChI=1S/C18H20O6/c19-16(20)13-9-14(17(21)22)12-8-4-7-11(13)15(12)24-18(23)10-5-2-1-3-6-10/h1-3,5-6,11-15H,4,7-9H2,(H,19,20)(H,21,22)/t11-,12+,13+,14-,15?. The molecular weight excluding hydrogens is 312 g/mol. The van der Waals surface area contributed by atoms with Crippen LogP contribution >= 0.6 is 0 Å². The summed E-state index contributed by atoms with van der Waals surface area (Å²) in [5.74, 6) is -4.73. The number of hydrogen-bond acceptors (Lipinski definition) is 4. The highest BCUT2D eigenvalue weighted by Crippen LogP contribution is 2.48. The van der Waals surface area contributed by atoms with Gasteiger partial charge in [-0.1, -0.05) is 24.6 Å². The van der Waals surface area contributed by atoms with Gasteiger partial charge in [-0.25, -0.2) is 4.79 Å². The van der Waals surface area contributed by atoms with Crippen LogP contribution in [0.25, 0.3) is 0 Å². The first-order valence-electron chi connectivity index (χ1n) is 8.20. The number of aliphatic carboxylic acids is 2. The van der Waals surface area contributed by atoms with E-state index in [0.29, 0.717) is 18.4 Å². The van der Waals surface area contributed by atoms with Crippen LogP contribution in [0.15, 0.2) is 30.3 Å². The van der Waals surface area contributed by atoms with Crippen LogP contribution < -0.4 is 0 Å². The fraction of sp³-hybridized carbons (Fsp3) is 0.500. The molecule has 2 aliphatic rings. The Kier molecular flexibility index (Phi) is 4.55. The highest BCUT2D eigenvalue weighted by atomic mass is 16.5. The molecule has 5 atom stereocenters. The normalized spacial score (nSPS) is 31.9. The second-order valence-electron chi connectivity index (χ2n) is 6.62. The van der Waals surface area contributed by atoms with Gasteiger partial charge >= 0.3 is 17.9 Å². The van der Waals surface area contributed by atoms with Crippen LogP contribution in [0.2, 0.25) is 0 Å². The summed E-state index contributed by atoms with van der Waals surface area (Å²) in [7, 11) is 0. The van der Waals surface area contributed by atoms with Crippen LogP contribution in [-0.2, 0) is 14.3 Å². The van der Waals surface area contributed by atoms with E-state index in [0.717, 1.165) is 6.42 Å². The second-order valence-corrected chi connectivity index (χ2v) is 6.62. The molecule has 2 aliphatic carbocycles. The van der Waals surface area contributed by atoms with Crippen molar-refractivity contribution < 1.29 is 29.3 Å². The van der Waals surface area contributed by atoms with Crippen molar-refractivity contribution in [3.8, 4) is 0 Å². The van der Waals surface area contributed by atoms with Gasteiger partial charge in [-0.3, -0.25) is 9.59 Å². The Morgan fingerprint density at radius 1 is 0.917 bits per heavy atom. The third-order valence-corrected chi connectivity index (χ3v) is 5.35. The fourth-order valence-electron chi connectivity index (χ4n) is 4.23. The average Bonchev–Trinajstić information content (AvgIpc) is 2.55. The molecule has 1 aromatic rings. The molecular formula is C18H20O6. The lowest BCUT2D eigenvalue weighted by molar-refractivity contribution is -0.165. The molecule has 6 nitrogen and oxygen atoms in total. The van der Waals surface area contributed by atoms with E-state index >= 15 is 0 Å². The van der Waals surface area contributed by atoms with Crippen LogP contribution in [-0.4, -0.2) is 34.2 Å². The summed E-state index contributed by atoms with van der Waals surface area (Å²) in [4.78, 5) is 35.6. The predicted molar refractivity (Wildman–Crippen MR) is 83.3 cm³/mol. The largest absolute Gasteiger partial charge is 0.481 e. The molecule has 0 amide bonds. The average molecular weight is 332 g/mol. The molecule has 3 rings (SSSR count). The number of fused-ring (bicyclic) bond motifs is 2. The van der Waals surface area contributed by atoms with Crippen molar-refractivity contribution in [3.63, 3.8) is 0 Å². The summed E-state index contributed by atoms with van der Waals surface area (Å²) in [6.45, 7) is 0. The number of carbonyl (C=O) groups is 3. The van der Waals surface area contributed by atoms with Crippen LogP contribution in [0, 0.1) is 23.7 Å². The molecule has 128 valence electrons. The molecule has 24 heavy (non-hydrogen) atoms. The Morgan fingerprint density at radius 3 is 1.96 bits per heavy atom. The lowest BCUT2D eigenvalue weighted by Crippen LogP contribution is -2.52. The lowest BCUT2D eigenvalue weighted by atomic mass is 9.60. The Hall–Kier alpha value is -2.37. The van der Waals surface area contributed by atoms with Crippen molar-refractivity contribution in [2.45, 2.75) is 31.8 Å². The van der Waals surface area contributed by atoms with Crippen molar-refractivity contribution >= 4 is 17.9 Å². The van der Waals surface area contributed by atoms with Gasteiger partial charge in [0, 0.05) is 11.8 Å². The third kappa shape index (κ3) is 3.00. The van der Waals surface area contributed by atoms with Gasteiger partial charge in [0.25, 0.3) is 0 Å². The van der Waals surface area contributed by atoms with Gasteiger partial charge in [0.15, 0.2) is 0 Å². The maximum absolute atomic E-state index is 12.4. The molecule has 0 saturated heterocycles.